The van der Waals surface area contributed by atoms with Gasteiger partial charge in [0.1, 0.15) is 0 Å². The zero-order valence-electron chi connectivity index (χ0n) is 10.5. The van der Waals surface area contributed by atoms with E-state index in [0.717, 1.165) is 4.88 Å². The molecule has 1 atom stereocenters. The molecule has 1 heterocycles. The first-order chi connectivity index (χ1) is 8.52. The van der Waals surface area contributed by atoms with Gasteiger partial charge in [-0.15, -0.1) is 11.3 Å². The highest BCUT2D eigenvalue weighted by Crippen LogP contribution is 2.17. The van der Waals surface area contributed by atoms with Gasteiger partial charge in [-0.2, -0.15) is 0 Å². The molecule has 1 amide bonds. The van der Waals surface area contributed by atoms with Crippen LogP contribution in [0.5, 0.6) is 0 Å². The highest BCUT2D eigenvalue weighted by atomic mass is 32.1. The highest BCUT2D eigenvalue weighted by Gasteiger charge is 2.15. The van der Waals surface area contributed by atoms with Gasteiger partial charge < -0.3 is 10.4 Å². The summed E-state index contributed by atoms with van der Waals surface area (Å²) in [7, 11) is 0. The molecule has 0 fully saturated rings. The predicted octanol–water partition coefficient (Wildman–Crippen LogP) is 1.33. The zero-order chi connectivity index (χ0) is 13.5. The van der Waals surface area contributed by atoms with Crippen molar-refractivity contribution >= 4 is 23.2 Å². The molecule has 0 aliphatic carbocycles. The van der Waals surface area contributed by atoms with Crippen molar-refractivity contribution in [3.63, 3.8) is 0 Å². The van der Waals surface area contributed by atoms with Gasteiger partial charge in [0.2, 0.25) is 5.91 Å². The molecule has 2 N–H and O–H groups in total. The fraction of sp³-hybridized carbons (Fsp3) is 0.500. The van der Waals surface area contributed by atoms with Gasteiger partial charge in [0.25, 0.3) is 0 Å². The molecule has 0 spiro atoms. The number of carbonyl (C=O) groups is 2. The summed E-state index contributed by atoms with van der Waals surface area (Å²) in [6, 6.07) is 3.86. The summed E-state index contributed by atoms with van der Waals surface area (Å²) in [5.74, 6) is -1.07. The maximum Gasteiger partial charge on any atom is 0.317 e. The van der Waals surface area contributed by atoms with E-state index >= 15 is 0 Å². The summed E-state index contributed by atoms with van der Waals surface area (Å²) >= 11 is 1.59. The topological polar surface area (TPSA) is 69.6 Å². The van der Waals surface area contributed by atoms with Crippen LogP contribution in [0, 0.1) is 0 Å². The summed E-state index contributed by atoms with van der Waals surface area (Å²) < 4.78 is 0. The lowest BCUT2D eigenvalue weighted by atomic mass is 10.2. The molecule has 1 rings (SSSR count). The van der Waals surface area contributed by atoms with Crippen LogP contribution in [0.15, 0.2) is 17.5 Å². The van der Waals surface area contributed by atoms with E-state index in [0.29, 0.717) is 6.54 Å². The Morgan fingerprint density at radius 2 is 2.22 bits per heavy atom. The first-order valence-electron chi connectivity index (χ1n) is 5.79. The van der Waals surface area contributed by atoms with Crippen LogP contribution in [-0.2, 0) is 9.59 Å². The van der Waals surface area contributed by atoms with Crippen LogP contribution in [0.1, 0.15) is 24.8 Å². The molecule has 0 radical (unpaired) electrons. The van der Waals surface area contributed by atoms with Crippen molar-refractivity contribution in [2.24, 2.45) is 0 Å². The molecule has 18 heavy (non-hydrogen) atoms. The Bertz CT molecular complexity index is 392. The molecule has 0 saturated heterocycles. The van der Waals surface area contributed by atoms with Gasteiger partial charge in [-0.05, 0) is 24.9 Å². The minimum atomic E-state index is -0.920. The third-order valence-electron chi connectivity index (χ3n) is 2.52. The van der Waals surface area contributed by atoms with Crippen molar-refractivity contribution < 1.29 is 14.7 Å². The van der Waals surface area contributed by atoms with Crippen molar-refractivity contribution in [2.75, 3.05) is 19.6 Å². The molecule has 1 aromatic heterocycles. The van der Waals surface area contributed by atoms with Gasteiger partial charge in [-0.1, -0.05) is 13.0 Å². The Kier molecular flexibility index (Phi) is 5.80. The van der Waals surface area contributed by atoms with Crippen molar-refractivity contribution in [1.29, 1.82) is 0 Å². The number of nitrogens with zero attached hydrogens (tertiary/aromatic N) is 1. The first kappa shape index (κ1) is 14.7. The Morgan fingerprint density at radius 1 is 1.50 bits per heavy atom. The van der Waals surface area contributed by atoms with Crippen molar-refractivity contribution in [1.82, 2.24) is 10.2 Å². The maximum atomic E-state index is 11.8. The van der Waals surface area contributed by atoms with Gasteiger partial charge in [0.05, 0.1) is 19.1 Å². The maximum absolute atomic E-state index is 11.8. The van der Waals surface area contributed by atoms with E-state index in [4.69, 9.17) is 5.11 Å². The summed E-state index contributed by atoms with van der Waals surface area (Å²) in [6.07, 6.45) is 0. The molecule has 5 nitrogen and oxygen atoms in total. The lowest BCUT2D eigenvalue weighted by Crippen LogP contribution is -2.40. The zero-order valence-corrected chi connectivity index (χ0v) is 11.4. The summed E-state index contributed by atoms with van der Waals surface area (Å²) in [4.78, 5) is 25.0. The fourth-order valence-corrected chi connectivity index (χ4v) is 2.30. The summed E-state index contributed by atoms with van der Waals surface area (Å²) in [5, 5.41) is 13.5. The Balaban J connectivity index is 2.43. The normalized spacial score (nSPS) is 12.4. The molecule has 1 unspecified atom stereocenters. The van der Waals surface area contributed by atoms with Crippen LogP contribution in [0.2, 0.25) is 0 Å². The third kappa shape index (κ3) is 4.85. The van der Waals surface area contributed by atoms with E-state index in [1.807, 2.05) is 31.4 Å². The number of aliphatic carboxylic acids is 1. The van der Waals surface area contributed by atoms with Gasteiger partial charge in [0.15, 0.2) is 0 Å². The Hall–Kier alpha value is -1.40. The number of hydrogen-bond donors (Lipinski definition) is 2. The third-order valence-corrected chi connectivity index (χ3v) is 3.58. The second kappa shape index (κ2) is 7.13. The lowest BCUT2D eigenvalue weighted by Gasteiger charge is -2.19. The number of amides is 1. The molecular formula is C12H18N2O3S. The molecule has 0 aliphatic rings. The number of rotatable bonds is 7. The van der Waals surface area contributed by atoms with E-state index < -0.39 is 5.97 Å². The first-order valence-corrected chi connectivity index (χ1v) is 6.67. The molecule has 1 aromatic rings. The van der Waals surface area contributed by atoms with Crippen molar-refractivity contribution in [3.05, 3.63) is 22.4 Å². The fourth-order valence-electron chi connectivity index (χ4n) is 1.57. The Morgan fingerprint density at radius 3 is 2.72 bits per heavy atom. The second-order valence-corrected chi connectivity index (χ2v) is 4.98. The van der Waals surface area contributed by atoms with Gasteiger partial charge in [0, 0.05) is 4.88 Å². The average Bonchev–Trinajstić information content (AvgIpc) is 2.80. The number of carboxylic acids is 1. The SMILES string of the molecule is CCN(CC(=O)O)CC(=O)NC(C)c1cccs1. The van der Waals surface area contributed by atoms with E-state index in [2.05, 4.69) is 5.32 Å². The quantitative estimate of drug-likeness (QED) is 0.784. The molecule has 0 saturated carbocycles. The molecule has 0 bridgehead atoms. The smallest absolute Gasteiger partial charge is 0.317 e. The number of thiophene rings is 1. The van der Waals surface area contributed by atoms with E-state index in [9.17, 15) is 9.59 Å². The van der Waals surface area contributed by atoms with Gasteiger partial charge >= 0.3 is 5.97 Å². The highest BCUT2D eigenvalue weighted by molar-refractivity contribution is 7.10. The summed E-state index contributed by atoms with van der Waals surface area (Å²) in [6.45, 7) is 4.28. The molecule has 0 aliphatic heterocycles. The number of hydrogen-bond acceptors (Lipinski definition) is 4. The van der Waals surface area contributed by atoms with Crippen molar-refractivity contribution in [2.45, 2.75) is 19.9 Å². The van der Waals surface area contributed by atoms with Crippen molar-refractivity contribution in [3.8, 4) is 0 Å². The predicted molar refractivity (Wildman–Crippen MR) is 70.6 cm³/mol. The largest absolute Gasteiger partial charge is 0.480 e. The minimum absolute atomic E-state index is 0.0407. The van der Waals surface area contributed by atoms with Crippen LogP contribution in [0.4, 0.5) is 0 Å². The average molecular weight is 270 g/mol. The molecule has 6 heteroatoms. The number of likely N-dealkylation sites (N-methyl/N-ethyl adjacent to an activating group) is 1. The van der Waals surface area contributed by atoms with E-state index in [1.54, 1.807) is 16.2 Å². The standard InChI is InChI=1S/C12H18N2O3S/c1-3-14(8-12(16)17)7-11(15)13-9(2)10-5-4-6-18-10/h4-6,9H,3,7-8H2,1-2H3,(H,13,15)(H,16,17). The van der Waals surface area contributed by atoms with Crippen LogP contribution < -0.4 is 5.32 Å². The van der Waals surface area contributed by atoms with E-state index in [-0.39, 0.29) is 25.0 Å². The minimum Gasteiger partial charge on any atom is -0.480 e. The van der Waals surface area contributed by atoms with E-state index in [1.165, 1.54) is 0 Å². The summed E-state index contributed by atoms with van der Waals surface area (Å²) in [5.41, 5.74) is 0. The second-order valence-electron chi connectivity index (χ2n) is 4.00. The van der Waals surface area contributed by atoms with Crippen LogP contribution in [0.25, 0.3) is 0 Å². The lowest BCUT2D eigenvalue weighted by molar-refractivity contribution is -0.138. The van der Waals surface area contributed by atoms with Crippen LogP contribution in [-0.4, -0.2) is 41.5 Å². The van der Waals surface area contributed by atoms with Gasteiger partial charge in [-0.25, -0.2) is 0 Å². The van der Waals surface area contributed by atoms with Crippen LogP contribution in [0.3, 0.4) is 0 Å². The van der Waals surface area contributed by atoms with Gasteiger partial charge in [-0.3, -0.25) is 14.5 Å². The molecule has 0 aromatic carbocycles. The molecular weight excluding hydrogens is 252 g/mol. The Labute approximate surface area is 110 Å². The number of carbonyl (C=O) groups excluding carboxylic acids is 1. The number of carboxylic acid groups (broad SMARTS) is 1. The number of nitrogens with one attached hydrogen (secondary N) is 1. The monoisotopic (exact) mass is 270 g/mol. The van der Waals surface area contributed by atoms with Crippen LogP contribution >= 0.6 is 11.3 Å². The molecule has 100 valence electrons.